The van der Waals surface area contributed by atoms with Crippen LogP contribution in [0.5, 0.6) is 5.75 Å². The smallest absolute Gasteiger partial charge is 0.277 e. The average Bonchev–Trinajstić information content (AvgIpc) is 2.67. The van der Waals surface area contributed by atoms with Gasteiger partial charge in [0, 0.05) is 5.56 Å². The van der Waals surface area contributed by atoms with Gasteiger partial charge in [-0.3, -0.25) is 14.6 Å². The number of carbonyl (C=O) groups excluding carboxylic acids is 2. The number of aliphatic carboxylic acids is 1. The number of rotatable bonds is 9. The summed E-state index contributed by atoms with van der Waals surface area (Å²) < 4.78 is 5.03. The van der Waals surface area contributed by atoms with Gasteiger partial charge >= 0.3 is 0 Å². The molecule has 1 heterocycles. The van der Waals surface area contributed by atoms with Crippen LogP contribution < -0.4 is 26.5 Å². The Labute approximate surface area is 165 Å². The lowest BCUT2D eigenvalue weighted by atomic mass is 10.2. The van der Waals surface area contributed by atoms with Crippen molar-refractivity contribution in [3.05, 3.63) is 40.2 Å². The molecule has 1 amide bonds. The Kier molecular flexibility index (Phi) is 7.44. The second-order valence-corrected chi connectivity index (χ2v) is 7.07. The van der Waals surface area contributed by atoms with E-state index in [1.807, 2.05) is 6.92 Å². The number of H-pyrrole nitrogens is 1. The molecule has 10 heteroatoms. The number of nitrogens with zero attached hydrogens (tertiary/aromatic N) is 1. The maximum atomic E-state index is 12.3. The van der Waals surface area contributed by atoms with Gasteiger partial charge in [-0.15, -0.1) is 0 Å². The monoisotopic (exact) mass is 405 g/mol. The van der Waals surface area contributed by atoms with Crippen LogP contribution in [0.25, 0.3) is 0 Å². The summed E-state index contributed by atoms with van der Waals surface area (Å²) in [6, 6.07) is 6.29. The van der Waals surface area contributed by atoms with Gasteiger partial charge in [0.05, 0.1) is 18.3 Å². The summed E-state index contributed by atoms with van der Waals surface area (Å²) >= 11 is 0.858. The van der Waals surface area contributed by atoms with E-state index in [1.165, 1.54) is 19.2 Å². The Morgan fingerprint density at radius 2 is 2.04 bits per heavy atom. The zero-order chi connectivity index (χ0) is 20.7. The summed E-state index contributed by atoms with van der Waals surface area (Å²) in [6.45, 7) is 1.94. The fourth-order valence-corrected chi connectivity index (χ4v) is 3.28. The Balaban J connectivity index is 2.17. The quantitative estimate of drug-likeness (QED) is 0.413. The molecule has 0 spiro atoms. The van der Waals surface area contributed by atoms with Gasteiger partial charge in [0.25, 0.3) is 11.5 Å². The molecule has 1 aromatic heterocycles. The normalized spacial score (nSPS) is 11.6. The lowest BCUT2D eigenvalue weighted by Crippen LogP contribution is -2.34. The average molecular weight is 405 g/mol. The first-order valence-electron chi connectivity index (χ1n) is 8.58. The Morgan fingerprint density at radius 1 is 1.36 bits per heavy atom. The molecule has 2 rings (SSSR count). The van der Waals surface area contributed by atoms with E-state index in [4.69, 9.17) is 10.5 Å². The topological polar surface area (TPSA) is 150 Å². The minimum Gasteiger partial charge on any atom is -0.549 e. The minimum absolute atomic E-state index is 0.0512. The lowest BCUT2D eigenvalue weighted by molar-refractivity contribution is -0.304. The number of thioether (sulfide) groups is 1. The highest BCUT2D eigenvalue weighted by atomic mass is 32.2. The van der Waals surface area contributed by atoms with Gasteiger partial charge in [0.2, 0.25) is 0 Å². The van der Waals surface area contributed by atoms with Crippen molar-refractivity contribution in [2.45, 2.75) is 36.6 Å². The molecular weight excluding hydrogens is 384 g/mol. The van der Waals surface area contributed by atoms with E-state index in [9.17, 15) is 19.5 Å². The van der Waals surface area contributed by atoms with Gasteiger partial charge in [-0.05, 0) is 30.7 Å². The van der Waals surface area contributed by atoms with Crippen LogP contribution in [0.4, 0.5) is 11.5 Å². The van der Waals surface area contributed by atoms with Crippen LogP contribution in [-0.4, -0.2) is 34.2 Å². The van der Waals surface area contributed by atoms with Crippen molar-refractivity contribution in [3.63, 3.8) is 0 Å². The molecule has 1 atom stereocenters. The molecule has 150 valence electrons. The predicted molar refractivity (Wildman–Crippen MR) is 104 cm³/mol. The number of methoxy groups -OCH3 is 1. The van der Waals surface area contributed by atoms with Crippen LogP contribution in [0.15, 0.2) is 34.2 Å². The second kappa shape index (κ2) is 9.79. The van der Waals surface area contributed by atoms with E-state index < -0.39 is 22.7 Å². The molecule has 4 N–H and O–H groups in total. The van der Waals surface area contributed by atoms with E-state index in [-0.39, 0.29) is 16.7 Å². The van der Waals surface area contributed by atoms with Crippen LogP contribution in [0, 0.1) is 0 Å². The fourth-order valence-electron chi connectivity index (χ4n) is 2.32. The molecule has 0 unspecified atom stereocenters. The zero-order valence-electron chi connectivity index (χ0n) is 15.5. The molecule has 0 saturated heterocycles. The first-order valence-corrected chi connectivity index (χ1v) is 9.46. The lowest BCUT2D eigenvalue weighted by Gasteiger charge is -2.17. The number of carbonyl (C=O) groups is 2. The maximum absolute atomic E-state index is 12.3. The standard InChI is InChI=1S/C18H22N4O5S/c1-3-4-5-12(17(25)26)28-18-21-14(19)13(16(24)22-18)20-15(23)10-6-8-11(27-2)9-7-10/h6-9,12H,3-5H2,1-2H3,(H,20,23)(H,25,26)(H3,19,21,22,24)/p-1/t12-/m1/s1. The van der Waals surface area contributed by atoms with Crippen LogP contribution in [0.3, 0.4) is 0 Å². The minimum atomic E-state index is -1.24. The number of amides is 1. The van der Waals surface area contributed by atoms with Gasteiger partial charge in [-0.1, -0.05) is 31.5 Å². The summed E-state index contributed by atoms with van der Waals surface area (Å²) in [7, 11) is 1.51. The first kappa shape index (κ1) is 21.3. The maximum Gasteiger partial charge on any atom is 0.277 e. The van der Waals surface area contributed by atoms with E-state index in [1.54, 1.807) is 12.1 Å². The summed E-state index contributed by atoms with van der Waals surface area (Å²) in [4.78, 5) is 42.3. The Morgan fingerprint density at radius 3 is 2.57 bits per heavy atom. The molecule has 0 aliphatic heterocycles. The number of nitrogens with one attached hydrogen (secondary N) is 2. The second-order valence-electron chi connectivity index (χ2n) is 5.88. The number of hydrogen-bond acceptors (Lipinski definition) is 8. The molecule has 28 heavy (non-hydrogen) atoms. The van der Waals surface area contributed by atoms with E-state index in [2.05, 4.69) is 15.3 Å². The fraction of sp³-hybridized carbons (Fsp3) is 0.333. The van der Waals surface area contributed by atoms with Crippen LogP contribution >= 0.6 is 11.8 Å². The number of unbranched alkanes of at least 4 members (excludes halogenated alkanes) is 1. The van der Waals surface area contributed by atoms with Crippen LogP contribution in [-0.2, 0) is 4.79 Å². The van der Waals surface area contributed by atoms with Gasteiger partial charge in [0.15, 0.2) is 11.0 Å². The number of benzene rings is 1. The highest BCUT2D eigenvalue weighted by molar-refractivity contribution is 8.00. The third-order valence-corrected chi connectivity index (χ3v) is 4.98. The van der Waals surface area contributed by atoms with Crippen LogP contribution in [0.2, 0.25) is 0 Å². The number of nitrogens with two attached hydrogens (primary N) is 1. The van der Waals surface area contributed by atoms with E-state index in [0.29, 0.717) is 24.2 Å². The number of aromatic amines is 1. The SMILES string of the molecule is CCCC[C@@H](Sc1nc(N)c(NC(=O)c2ccc(OC)cc2)c(=O)[nH]1)C(=O)[O-]. The van der Waals surface area contributed by atoms with Crippen molar-refractivity contribution >= 4 is 35.1 Å². The molecule has 1 aromatic carbocycles. The number of hydrogen-bond donors (Lipinski definition) is 3. The summed E-state index contributed by atoms with van der Waals surface area (Å²) in [5.74, 6) is -1.41. The number of carboxylic acids is 1. The molecule has 0 bridgehead atoms. The molecular formula is C18H21N4O5S-. The van der Waals surface area contributed by atoms with Crippen LogP contribution in [0.1, 0.15) is 36.5 Å². The largest absolute Gasteiger partial charge is 0.549 e. The Hall–Kier alpha value is -3.01. The van der Waals surface area contributed by atoms with Crippen molar-refractivity contribution in [1.82, 2.24) is 9.97 Å². The molecule has 0 saturated carbocycles. The van der Waals surface area contributed by atoms with Gasteiger partial charge in [-0.25, -0.2) is 4.98 Å². The number of carboxylic acid groups (broad SMARTS) is 1. The zero-order valence-corrected chi connectivity index (χ0v) is 16.3. The summed E-state index contributed by atoms with van der Waals surface area (Å²) in [5.41, 5.74) is 5.22. The van der Waals surface area contributed by atoms with Crippen molar-refractivity contribution < 1.29 is 19.4 Å². The number of ether oxygens (including phenoxy) is 1. The number of anilines is 2. The molecule has 0 radical (unpaired) electrons. The highest BCUT2D eigenvalue weighted by Gasteiger charge is 2.17. The summed E-state index contributed by atoms with van der Waals surface area (Å²) in [6.07, 6.45) is 1.90. The molecule has 0 aliphatic rings. The molecule has 0 fully saturated rings. The van der Waals surface area contributed by atoms with E-state index in [0.717, 1.165) is 18.2 Å². The summed E-state index contributed by atoms with van der Waals surface area (Å²) in [5, 5.41) is 12.9. The Bertz CT molecular complexity index is 898. The molecule has 0 aliphatic carbocycles. The van der Waals surface area contributed by atoms with Gasteiger partial charge < -0.3 is 25.7 Å². The van der Waals surface area contributed by atoms with Crippen molar-refractivity contribution in [2.75, 3.05) is 18.2 Å². The van der Waals surface area contributed by atoms with Gasteiger partial charge in [-0.2, -0.15) is 0 Å². The molecule has 2 aromatic rings. The third kappa shape index (κ3) is 5.49. The first-order chi connectivity index (χ1) is 13.3. The van der Waals surface area contributed by atoms with E-state index >= 15 is 0 Å². The number of nitrogen functional groups attached to an aromatic ring is 1. The van der Waals surface area contributed by atoms with Crippen molar-refractivity contribution in [2.24, 2.45) is 0 Å². The number of aromatic nitrogens is 2. The van der Waals surface area contributed by atoms with Crippen molar-refractivity contribution in [1.29, 1.82) is 0 Å². The third-order valence-electron chi connectivity index (χ3n) is 3.85. The van der Waals surface area contributed by atoms with Crippen molar-refractivity contribution in [3.8, 4) is 5.75 Å². The molecule has 9 nitrogen and oxygen atoms in total. The highest BCUT2D eigenvalue weighted by Crippen LogP contribution is 2.25. The predicted octanol–water partition coefficient (Wildman–Crippen LogP) is 1.01. The van der Waals surface area contributed by atoms with Gasteiger partial charge in [0.1, 0.15) is 11.4 Å².